The average molecular weight is 144 g/mol. The number of carbonyl (C=O) groups is 2. The number of nitrogens with one attached hydrogen (secondary N) is 2. The van der Waals surface area contributed by atoms with Gasteiger partial charge in [0.2, 0.25) is 0 Å². The van der Waals surface area contributed by atoms with Crippen molar-refractivity contribution in [3.05, 3.63) is 0 Å². The van der Waals surface area contributed by atoms with Gasteiger partial charge in [0.25, 0.3) is 0 Å². The minimum Gasteiger partial charge on any atom is -0.350 e. The van der Waals surface area contributed by atoms with E-state index in [4.69, 9.17) is 0 Å². The molecule has 0 aliphatic carbocycles. The van der Waals surface area contributed by atoms with Crippen LogP contribution in [0, 0.1) is 0 Å². The Labute approximate surface area is 57.5 Å². The smallest absolute Gasteiger partial charge is 0.350 e. The van der Waals surface area contributed by atoms with E-state index in [0.29, 0.717) is 0 Å². The summed E-state index contributed by atoms with van der Waals surface area (Å²) < 4.78 is 0. The van der Waals surface area contributed by atoms with Crippen LogP contribution in [0.2, 0.25) is 0 Å². The zero-order valence-electron chi connectivity index (χ0n) is 5.42. The zero-order chi connectivity index (χ0) is 7.98. The van der Waals surface area contributed by atoms with Crippen LogP contribution in [0.1, 0.15) is 6.92 Å². The molecule has 0 spiro atoms. The van der Waals surface area contributed by atoms with Crippen molar-refractivity contribution >= 4 is 18.3 Å². The van der Waals surface area contributed by atoms with Gasteiger partial charge in [0.15, 0.2) is 0 Å². The predicted molar refractivity (Wildman–Crippen MR) is 35.4 cm³/mol. The summed E-state index contributed by atoms with van der Waals surface area (Å²) in [5, 5.41) is 0. The largest absolute Gasteiger partial charge is 0.359 e. The van der Waals surface area contributed by atoms with Crippen molar-refractivity contribution in [2.24, 2.45) is 10.7 Å². The quantitative estimate of drug-likeness (QED) is 0.311. The summed E-state index contributed by atoms with van der Waals surface area (Å²) in [5.41, 5.74) is 8.40. The van der Waals surface area contributed by atoms with E-state index in [1.165, 1.54) is 6.21 Å². The molecular formula is C4H8N4O2. The SMILES string of the molecule is CC=NC(=O)NNC(N)=O. The van der Waals surface area contributed by atoms with Crippen molar-refractivity contribution in [1.29, 1.82) is 0 Å². The summed E-state index contributed by atoms with van der Waals surface area (Å²) in [7, 11) is 0. The zero-order valence-corrected chi connectivity index (χ0v) is 5.42. The van der Waals surface area contributed by atoms with Crippen LogP contribution in [-0.2, 0) is 0 Å². The minimum atomic E-state index is -0.834. The molecule has 10 heavy (non-hydrogen) atoms. The van der Waals surface area contributed by atoms with Crippen LogP contribution in [0.4, 0.5) is 9.59 Å². The second-order valence-corrected chi connectivity index (χ2v) is 1.31. The van der Waals surface area contributed by atoms with Crippen molar-refractivity contribution in [1.82, 2.24) is 10.9 Å². The van der Waals surface area contributed by atoms with Crippen molar-refractivity contribution in [2.75, 3.05) is 0 Å². The molecular weight excluding hydrogens is 136 g/mol. The van der Waals surface area contributed by atoms with Gasteiger partial charge >= 0.3 is 12.1 Å². The van der Waals surface area contributed by atoms with Crippen LogP contribution in [0.25, 0.3) is 0 Å². The number of aliphatic imine (C=N–C) groups is 1. The third-order valence-electron chi connectivity index (χ3n) is 0.539. The molecule has 6 heteroatoms. The first-order valence-electron chi connectivity index (χ1n) is 2.51. The van der Waals surface area contributed by atoms with Crippen molar-refractivity contribution in [3.63, 3.8) is 0 Å². The molecule has 6 nitrogen and oxygen atoms in total. The van der Waals surface area contributed by atoms with E-state index < -0.39 is 12.1 Å². The van der Waals surface area contributed by atoms with Gasteiger partial charge in [-0.25, -0.2) is 25.4 Å². The van der Waals surface area contributed by atoms with E-state index in [1.54, 1.807) is 6.92 Å². The number of rotatable bonds is 0. The second-order valence-electron chi connectivity index (χ2n) is 1.31. The molecule has 0 aliphatic heterocycles. The Morgan fingerprint density at radius 3 is 2.50 bits per heavy atom. The van der Waals surface area contributed by atoms with E-state index in [9.17, 15) is 9.59 Å². The molecule has 0 aliphatic rings. The minimum absolute atomic E-state index is 0.665. The lowest BCUT2D eigenvalue weighted by atomic mass is 10.9. The van der Waals surface area contributed by atoms with E-state index in [1.807, 2.05) is 10.9 Å². The Morgan fingerprint density at radius 2 is 2.10 bits per heavy atom. The Bertz CT molecular complexity index is 165. The number of hydrogen-bond acceptors (Lipinski definition) is 2. The van der Waals surface area contributed by atoms with Gasteiger partial charge in [0.1, 0.15) is 0 Å². The summed E-state index contributed by atoms with van der Waals surface area (Å²) in [5.74, 6) is 0. The van der Waals surface area contributed by atoms with Crippen LogP contribution in [-0.4, -0.2) is 18.3 Å². The van der Waals surface area contributed by atoms with Crippen LogP contribution in [0.5, 0.6) is 0 Å². The Kier molecular flexibility index (Phi) is 3.62. The highest BCUT2D eigenvalue weighted by molar-refractivity contribution is 5.84. The molecule has 0 aromatic heterocycles. The number of hydrogen-bond donors (Lipinski definition) is 3. The third-order valence-corrected chi connectivity index (χ3v) is 0.539. The average Bonchev–Trinajstić information content (AvgIpc) is 1.85. The van der Waals surface area contributed by atoms with Crippen molar-refractivity contribution in [3.8, 4) is 0 Å². The second kappa shape index (κ2) is 4.30. The van der Waals surface area contributed by atoms with E-state index in [-0.39, 0.29) is 0 Å². The van der Waals surface area contributed by atoms with Gasteiger partial charge in [0.05, 0.1) is 0 Å². The lowest BCUT2D eigenvalue weighted by Gasteiger charge is -1.97. The van der Waals surface area contributed by atoms with Gasteiger partial charge in [-0.3, -0.25) is 0 Å². The lowest BCUT2D eigenvalue weighted by Crippen LogP contribution is -2.43. The maximum Gasteiger partial charge on any atom is 0.359 e. The van der Waals surface area contributed by atoms with E-state index in [2.05, 4.69) is 10.7 Å². The normalized spacial score (nSPS) is 9.30. The molecule has 0 saturated heterocycles. The fourth-order valence-electron chi connectivity index (χ4n) is 0.265. The molecule has 4 amide bonds. The van der Waals surface area contributed by atoms with Gasteiger partial charge in [0, 0.05) is 6.21 Å². The summed E-state index contributed by atoms with van der Waals surface area (Å²) in [6, 6.07) is -1.50. The molecule has 0 heterocycles. The molecule has 4 N–H and O–H groups in total. The summed E-state index contributed by atoms with van der Waals surface area (Å²) in [6.07, 6.45) is 1.29. The van der Waals surface area contributed by atoms with Gasteiger partial charge in [-0.1, -0.05) is 0 Å². The number of hydrazine groups is 1. The first-order chi connectivity index (χ1) is 4.66. The standard InChI is InChI=1S/C4H8N4O2/c1-2-6-4(10)8-7-3(5)9/h2H,1H3,(H,8,10)(H3,5,7,9). The molecule has 0 radical (unpaired) electrons. The first-order valence-corrected chi connectivity index (χ1v) is 2.51. The molecule has 0 fully saturated rings. The van der Waals surface area contributed by atoms with E-state index >= 15 is 0 Å². The van der Waals surface area contributed by atoms with Gasteiger partial charge in [-0.15, -0.1) is 0 Å². The van der Waals surface area contributed by atoms with Crippen molar-refractivity contribution < 1.29 is 9.59 Å². The highest BCUT2D eigenvalue weighted by Crippen LogP contribution is 1.66. The molecule has 0 saturated carbocycles. The fourth-order valence-corrected chi connectivity index (χ4v) is 0.265. The molecule has 56 valence electrons. The Morgan fingerprint density at radius 1 is 1.50 bits per heavy atom. The van der Waals surface area contributed by atoms with Crippen LogP contribution in [0.15, 0.2) is 4.99 Å². The molecule has 0 atom stereocenters. The first kappa shape index (κ1) is 8.41. The number of nitrogens with two attached hydrogens (primary N) is 1. The lowest BCUT2D eigenvalue weighted by molar-refractivity contribution is 0.233. The van der Waals surface area contributed by atoms with Crippen molar-refractivity contribution in [2.45, 2.75) is 6.92 Å². The number of nitrogens with zero attached hydrogens (tertiary/aromatic N) is 1. The maximum absolute atomic E-state index is 10.4. The van der Waals surface area contributed by atoms with Gasteiger partial charge in [-0.05, 0) is 6.92 Å². The maximum atomic E-state index is 10.4. The van der Waals surface area contributed by atoms with Gasteiger partial charge in [-0.2, -0.15) is 0 Å². The number of primary amides is 1. The molecule has 0 unspecified atom stereocenters. The van der Waals surface area contributed by atoms with Gasteiger partial charge < -0.3 is 5.73 Å². The molecule has 0 bridgehead atoms. The van der Waals surface area contributed by atoms with Crippen LogP contribution in [0.3, 0.4) is 0 Å². The van der Waals surface area contributed by atoms with Crippen LogP contribution >= 0.6 is 0 Å². The Hall–Kier alpha value is -1.59. The summed E-state index contributed by atoms with van der Waals surface area (Å²) in [6.45, 7) is 1.57. The highest BCUT2D eigenvalue weighted by Gasteiger charge is 1.94. The van der Waals surface area contributed by atoms with E-state index in [0.717, 1.165) is 0 Å². The number of amides is 4. The number of urea groups is 2. The molecule has 0 rings (SSSR count). The Balaban J connectivity index is 3.50. The third kappa shape index (κ3) is 4.57. The van der Waals surface area contributed by atoms with Crippen LogP contribution < -0.4 is 16.6 Å². The summed E-state index contributed by atoms with van der Waals surface area (Å²) in [4.78, 5) is 23.6. The predicted octanol–water partition coefficient (Wildman–Crippen LogP) is -0.630. The fraction of sp³-hybridized carbons (Fsp3) is 0.250. The monoisotopic (exact) mass is 144 g/mol. The molecule has 0 aromatic rings. The summed E-state index contributed by atoms with van der Waals surface area (Å²) >= 11 is 0. The molecule has 0 aromatic carbocycles. The highest BCUT2D eigenvalue weighted by atomic mass is 16.2. The topological polar surface area (TPSA) is 96.6 Å². The number of carbonyl (C=O) groups excluding carboxylic acids is 2.